The molecule has 5 nitrogen and oxygen atoms in total. The average molecular weight is 272 g/mol. The van der Waals surface area contributed by atoms with Gasteiger partial charge in [0.2, 0.25) is 5.91 Å². The fourth-order valence-corrected chi connectivity index (χ4v) is 2.80. The van der Waals surface area contributed by atoms with Crippen LogP contribution < -0.4 is 4.90 Å². The summed E-state index contributed by atoms with van der Waals surface area (Å²) in [6.45, 7) is 2.07. The summed E-state index contributed by atoms with van der Waals surface area (Å²) in [5.74, 6) is -0.860. The van der Waals surface area contributed by atoms with Crippen LogP contribution in [0, 0.1) is 12.8 Å². The van der Waals surface area contributed by atoms with E-state index in [9.17, 15) is 17.1 Å². The predicted molar refractivity (Wildman–Crippen MR) is 64.3 cm³/mol. The van der Waals surface area contributed by atoms with E-state index in [1.807, 2.05) is 13.0 Å². The monoisotopic (exact) mass is 272 g/mol. The van der Waals surface area contributed by atoms with E-state index in [0.29, 0.717) is 5.82 Å². The third kappa shape index (κ3) is 3.04. The van der Waals surface area contributed by atoms with Gasteiger partial charge in [-0.15, -0.1) is 3.89 Å². The molecule has 1 atom stereocenters. The van der Waals surface area contributed by atoms with Crippen LogP contribution in [-0.2, 0) is 15.0 Å². The number of carbonyl (C=O) groups is 1. The predicted octanol–water partition coefficient (Wildman–Crippen LogP) is 1.04. The summed E-state index contributed by atoms with van der Waals surface area (Å²) >= 11 is 0. The number of nitrogens with zero attached hydrogens (tertiary/aromatic N) is 2. The topological polar surface area (TPSA) is 67.3 Å². The number of anilines is 1. The lowest BCUT2D eigenvalue weighted by atomic mass is 10.1. The Kier molecular flexibility index (Phi) is 3.34. The first-order chi connectivity index (χ1) is 8.35. The van der Waals surface area contributed by atoms with E-state index in [0.717, 1.165) is 5.56 Å². The fourth-order valence-electron chi connectivity index (χ4n) is 2.02. The number of pyridine rings is 1. The molecule has 0 saturated carbocycles. The molecule has 1 aliphatic rings. The Balaban J connectivity index is 2.12. The molecule has 2 rings (SSSR count). The molecule has 0 aromatic carbocycles. The van der Waals surface area contributed by atoms with Crippen LogP contribution in [0.1, 0.15) is 12.0 Å². The SMILES string of the molecule is Cc1ccc(N2CC(CS(=O)(=O)F)CC2=O)nc1. The first-order valence-corrected chi connectivity index (χ1v) is 7.06. The molecule has 1 amide bonds. The van der Waals surface area contributed by atoms with Crippen molar-refractivity contribution in [3.05, 3.63) is 23.9 Å². The van der Waals surface area contributed by atoms with Crippen LogP contribution in [-0.4, -0.2) is 31.6 Å². The highest BCUT2D eigenvalue weighted by atomic mass is 32.3. The van der Waals surface area contributed by atoms with E-state index in [-0.39, 0.29) is 18.9 Å². The van der Waals surface area contributed by atoms with E-state index in [1.165, 1.54) is 4.90 Å². The van der Waals surface area contributed by atoms with Crippen LogP contribution in [0.4, 0.5) is 9.70 Å². The standard InChI is InChI=1S/C11H13FN2O3S/c1-8-2-3-10(13-5-8)14-6-9(4-11(14)15)7-18(12,16)17/h2-3,5,9H,4,6-7H2,1H3. The van der Waals surface area contributed by atoms with Crippen molar-refractivity contribution in [2.75, 3.05) is 17.2 Å². The first kappa shape index (κ1) is 12.9. The van der Waals surface area contributed by atoms with Gasteiger partial charge in [0.15, 0.2) is 0 Å². The lowest BCUT2D eigenvalue weighted by molar-refractivity contribution is -0.117. The molecule has 0 bridgehead atoms. The maximum Gasteiger partial charge on any atom is 0.302 e. The summed E-state index contributed by atoms with van der Waals surface area (Å²) in [5.41, 5.74) is 0.966. The first-order valence-electron chi connectivity index (χ1n) is 5.50. The second-order valence-corrected chi connectivity index (χ2v) is 5.88. The molecule has 0 aliphatic carbocycles. The van der Waals surface area contributed by atoms with Gasteiger partial charge in [-0.1, -0.05) is 6.07 Å². The maximum absolute atomic E-state index is 12.6. The summed E-state index contributed by atoms with van der Waals surface area (Å²) in [6, 6.07) is 3.51. The van der Waals surface area contributed by atoms with E-state index >= 15 is 0 Å². The van der Waals surface area contributed by atoms with Crippen LogP contribution in [0.15, 0.2) is 18.3 Å². The number of carbonyl (C=O) groups excluding carboxylic acids is 1. The van der Waals surface area contributed by atoms with Crippen molar-refractivity contribution in [3.63, 3.8) is 0 Å². The Morgan fingerprint density at radius 2 is 2.22 bits per heavy atom. The van der Waals surface area contributed by atoms with Gasteiger partial charge in [0.1, 0.15) is 5.82 Å². The number of aromatic nitrogens is 1. The maximum atomic E-state index is 12.6. The molecule has 2 heterocycles. The van der Waals surface area contributed by atoms with Gasteiger partial charge in [-0.05, 0) is 18.6 Å². The van der Waals surface area contributed by atoms with Crippen molar-refractivity contribution >= 4 is 21.9 Å². The highest BCUT2D eigenvalue weighted by Gasteiger charge is 2.34. The Morgan fingerprint density at radius 3 is 2.78 bits per heavy atom. The highest BCUT2D eigenvalue weighted by molar-refractivity contribution is 7.86. The number of hydrogen-bond acceptors (Lipinski definition) is 4. The fraction of sp³-hybridized carbons (Fsp3) is 0.455. The summed E-state index contributed by atoms with van der Waals surface area (Å²) < 4.78 is 33.7. The molecule has 98 valence electrons. The molecule has 1 saturated heterocycles. The van der Waals surface area contributed by atoms with Crippen molar-refractivity contribution < 1.29 is 17.1 Å². The molecule has 7 heteroatoms. The van der Waals surface area contributed by atoms with Gasteiger partial charge in [0.25, 0.3) is 0 Å². The number of aryl methyl sites for hydroxylation is 1. The minimum atomic E-state index is -4.54. The van der Waals surface area contributed by atoms with E-state index in [1.54, 1.807) is 12.3 Å². The molecule has 0 radical (unpaired) electrons. The van der Waals surface area contributed by atoms with E-state index in [4.69, 9.17) is 0 Å². The van der Waals surface area contributed by atoms with Crippen LogP contribution in [0.5, 0.6) is 0 Å². The molecule has 1 fully saturated rings. The Hall–Kier alpha value is -1.50. The minimum Gasteiger partial charge on any atom is -0.296 e. The Labute approximate surface area is 105 Å². The zero-order valence-corrected chi connectivity index (χ0v) is 10.7. The Morgan fingerprint density at radius 1 is 1.50 bits per heavy atom. The smallest absolute Gasteiger partial charge is 0.296 e. The number of rotatable bonds is 3. The van der Waals surface area contributed by atoms with Crippen molar-refractivity contribution in [1.82, 2.24) is 4.98 Å². The molecule has 1 aliphatic heterocycles. The van der Waals surface area contributed by atoms with Gasteiger partial charge in [0.05, 0.1) is 5.75 Å². The third-order valence-corrected chi connectivity index (χ3v) is 3.68. The van der Waals surface area contributed by atoms with Crippen LogP contribution in [0.25, 0.3) is 0 Å². The zero-order chi connectivity index (χ0) is 13.3. The Bertz CT molecular complexity index is 556. The molecule has 1 aromatic rings. The van der Waals surface area contributed by atoms with E-state index in [2.05, 4.69) is 4.98 Å². The second kappa shape index (κ2) is 4.64. The van der Waals surface area contributed by atoms with Crippen molar-refractivity contribution in [2.24, 2.45) is 5.92 Å². The van der Waals surface area contributed by atoms with Crippen LogP contribution in [0.3, 0.4) is 0 Å². The van der Waals surface area contributed by atoms with Gasteiger partial charge < -0.3 is 0 Å². The second-order valence-electron chi connectivity index (χ2n) is 4.47. The molecule has 18 heavy (non-hydrogen) atoms. The van der Waals surface area contributed by atoms with Gasteiger partial charge in [0, 0.05) is 25.1 Å². The van der Waals surface area contributed by atoms with Gasteiger partial charge >= 0.3 is 10.2 Å². The summed E-state index contributed by atoms with van der Waals surface area (Å²) in [7, 11) is -4.54. The summed E-state index contributed by atoms with van der Waals surface area (Å²) in [5, 5.41) is 0. The zero-order valence-electron chi connectivity index (χ0n) is 9.84. The lowest BCUT2D eigenvalue weighted by Crippen LogP contribution is -2.26. The third-order valence-electron chi connectivity index (χ3n) is 2.81. The normalized spacial score (nSPS) is 20.4. The molecule has 1 unspecified atom stereocenters. The van der Waals surface area contributed by atoms with Gasteiger partial charge in [-0.3, -0.25) is 9.69 Å². The van der Waals surface area contributed by atoms with Crippen molar-refractivity contribution in [3.8, 4) is 0 Å². The highest BCUT2D eigenvalue weighted by Crippen LogP contribution is 2.24. The van der Waals surface area contributed by atoms with Crippen LogP contribution in [0.2, 0.25) is 0 Å². The van der Waals surface area contributed by atoms with Crippen LogP contribution >= 0.6 is 0 Å². The number of hydrogen-bond donors (Lipinski definition) is 0. The summed E-state index contributed by atoms with van der Waals surface area (Å²) in [6.07, 6.45) is 1.67. The number of halogens is 1. The minimum absolute atomic E-state index is 0.0404. The number of amides is 1. The molecule has 1 aromatic heterocycles. The van der Waals surface area contributed by atoms with E-state index < -0.39 is 21.9 Å². The van der Waals surface area contributed by atoms with Gasteiger partial charge in [-0.25, -0.2) is 4.98 Å². The largest absolute Gasteiger partial charge is 0.302 e. The molecule has 0 spiro atoms. The average Bonchev–Trinajstić information content (AvgIpc) is 2.58. The molecular weight excluding hydrogens is 259 g/mol. The lowest BCUT2D eigenvalue weighted by Gasteiger charge is -2.15. The molecule has 0 N–H and O–H groups in total. The van der Waals surface area contributed by atoms with Crippen molar-refractivity contribution in [1.29, 1.82) is 0 Å². The van der Waals surface area contributed by atoms with Crippen molar-refractivity contribution in [2.45, 2.75) is 13.3 Å². The summed E-state index contributed by atoms with van der Waals surface area (Å²) in [4.78, 5) is 17.2. The molecular formula is C11H13FN2O3S. The quantitative estimate of drug-likeness (QED) is 0.771. The van der Waals surface area contributed by atoms with Gasteiger partial charge in [-0.2, -0.15) is 8.42 Å².